The number of carbonyl (C=O) groups excluding carboxylic acids is 3. The Morgan fingerprint density at radius 2 is 1.71 bits per heavy atom. The van der Waals surface area contributed by atoms with Crippen molar-refractivity contribution >= 4 is 17.7 Å². The molecule has 6 nitrogen and oxygen atoms in total. The zero-order valence-electron chi connectivity index (χ0n) is 15.8. The van der Waals surface area contributed by atoms with Gasteiger partial charge in [-0.15, -0.1) is 0 Å². The van der Waals surface area contributed by atoms with Crippen LogP contribution >= 0.6 is 0 Å². The maximum atomic E-state index is 13.2. The number of imide groups is 1. The Morgan fingerprint density at radius 3 is 2.32 bits per heavy atom. The van der Waals surface area contributed by atoms with Crippen LogP contribution in [0.25, 0.3) is 0 Å². The minimum absolute atomic E-state index is 0.0109. The van der Waals surface area contributed by atoms with Gasteiger partial charge >= 0.3 is 0 Å². The van der Waals surface area contributed by atoms with Crippen molar-refractivity contribution in [2.24, 2.45) is 0 Å². The summed E-state index contributed by atoms with van der Waals surface area (Å²) in [7, 11) is 0. The molecule has 1 aromatic heterocycles. The Balaban J connectivity index is 1.48. The second-order valence-electron chi connectivity index (χ2n) is 7.52. The highest BCUT2D eigenvalue weighted by Gasteiger charge is 2.30. The molecule has 0 bridgehead atoms. The van der Waals surface area contributed by atoms with Crippen molar-refractivity contribution < 1.29 is 18.8 Å². The first-order valence-electron chi connectivity index (χ1n) is 9.87. The Hall–Kier alpha value is -2.89. The summed E-state index contributed by atoms with van der Waals surface area (Å²) in [6, 6.07) is 11.2. The van der Waals surface area contributed by atoms with Gasteiger partial charge in [-0.1, -0.05) is 25.0 Å². The summed E-state index contributed by atoms with van der Waals surface area (Å²) < 4.78 is 5.46. The lowest BCUT2D eigenvalue weighted by molar-refractivity contribution is -0.139. The van der Waals surface area contributed by atoms with Gasteiger partial charge in [0.25, 0.3) is 5.91 Å². The molecule has 0 spiro atoms. The van der Waals surface area contributed by atoms with E-state index < -0.39 is 0 Å². The van der Waals surface area contributed by atoms with Crippen molar-refractivity contribution in [3.8, 4) is 0 Å². The van der Waals surface area contributed by atoms with E-state index in [1.165, 1.54) is 4.90 Å². The Labute approximate surface area is 164 Å². The van der Waals surface area contributed by atoms with Crippen LogP contribution in [0.15, 0.2) is 47.1 Å². The van der Waals surface area contributed by atoms with E-state index in [2.05, 4.69) is 0 Å². The molecule has 4 rings (SSSR count). The summed E-state index contributed by atoms with van der Waals surface area (Å²) in [5, 5.41) is 0. The fourth-order valence-corrected chi connectivity index (χ4v) is 4.05. The lowest BCUT2D eigenvalue weighted by Crippen LogP contribution is -2.38. The summed E-state index contributed by atoms with van der Waals surface area (Å²) in [4.78, 5) is 40.0. The average molecular weight is 380 g/mol. The quantitative estimate of drug-likeness (QED) is 0.719. The van der Waals surface area contributed by atoms with Crippen LogP contribution in [0.1, 0.15) is 60.2 Å². The van der Waals surface area contributed by atoms with Crippen LogP contribution in [0, 0.1) is 0 Å². The summed E-state index contributed by atoms with van der Waals surface area (Å²) >= 11 is 0. The third-order valence-electron chi connectivity index (χ3n) is 5.63. The van der Waals surface area contributed by atoms with E-state index >= 15 is 0 Å². The lowest BCUT2D eigenvalue weighted by atomic mass is 10.1. The van der Waals surface area contributed by atoms with Gasteiger partial charge in [-0.25, -0.2) is 0 Å². The number of amides is 3. The summed E-state index contributed by atoms with van der Waals surface area (Å²) in [6.45, 7) is 0.736. The van der Waals surface area contributed by atoms with Crippen molar-refractivity contribution in [3.05, 3.63) is 59.5 Å². The molecule has 2 aromatic rings. The van der Waals surface area contributed by atoms with Gasteiger partial charge in [0.1, 0.15) is 5.76 Å². The normalized spacial score (nSPS) is 17.5. The van der Waals surface area contributed by atoms with E-state index in [1.807, 2.05) is 29.2 Å². The standard InChI is InChI=1S/C22H24N2O4/c25-20-11-12-21(26)24(20)14-16-7-9-17(10-8-16)22(27)23(18-4-1-2-5-18)15-19-6-3-13-28-19/h3,6-10,13,18H,1-2,4-5,11-12,14-15H2. The molecule has 0 unspecified atom stereocenters. The number of hydrogen-bond donors (Lipinski definition) is 0. The van der Waals surface area contributed by atoms with Gasteiger partial charge in [-0.05, 0) is 42.7 Å². The second-order valence-corrected chi connectivity index (χ2v) is 7.52. The molecule has 2 aliphatic rings. The van der Waals surface area contributed by atoms with Crippen LogP contribution in [-0.2, 0) is 22.7 Å². The van der Waals surface area contributed by atoms with Gasteiger partial charge in [-0.3, -0.25) is 19.3 Å². The van der Waals surface area contributed by atoms with E-state index in [1.54, 1.807) is 18.4 Å². The van der Waals surface area contributed by atoms with E-state index in [4.69, 9.17) is 4.42 Å². The molecule has 2 heterocycles. The van der Waals surface area contributed by atoms with Crippen molar-refractivity contribution in [2.75, 3.05) is 0 Å². The molecule has 1 aliphatic carbocycles. The van der Waals surface area contributed by atoms with Crippen LogP contribution < -0.4 is 0 Å². The molecular formula is C22H24N2O4. The monoisotopic (exact) mass is 380 g/mol. The van der Waals surface area contributed by atoms with Crippen LogP contribution in [0.5, 0.6) is 0 Å². The molecule has 1 saturated heterocycles. The van der Waals surface area contributed by atoms with Gasteiger partial charge in [0.05, 0.1) is 19.4 Å². The molecule has 1 aliphatic heterocycles. The lowest BCUT2D eigenvalue weighted by Gasteiger charge is -2.28. The maximum Gasteiger partial charge on any atom is 0.254 e. The predicted molar refractivity (Wildman–Crippen MR) is 102 cm³/mol. The number of likely N-dealkylation sites (tertiary alicyclic amines) is 1. The Kier molecular flexibility index (Phi) is 5.28. The van der Waals surface area contributed by atoms with E-state index in [-0.39, 0.29) is 30.3 Å². The van der Waals surface area contributed by atoms with Gasteiger partial charge in [-0.2, -0.15) is 0 Å². The fourth-order valence-electron chi connectivity index (χ4n) is 4.05. The minimum atomic E-state index is -0.129. The van der Waals surface area contributed by atoms with E-state index in [9.17, 15) is 14.4 Å². The van der Waals surface area contributed by atoms with Gasteiger partial charge in [0, 0.05) is 24.4 Å². The SMILES string of the molecule is O=C1CCC(=O)N1Cc1ccc(C(=O)N(Cc2ccco2)C2CCCC2)cc1. The number of furan rings is 1. The summed E-state index contributed by atoms with van der Waals surface area (Å²) in [5.41, 5.74) is 1.46. The Morgan fingerprint density at radius 1 is 1.04 bits per heavy atom. The van der Waals surface area contributed by atoms with Crippen molar-refractivity contribution in [2.45, 2.75) is 57.7 Å². The third-order valence-corrected chi connectivity index (χ3v) is 5.63. The molecule has 0 N–H and O–H groups in total. The van der Waals surface area contributed by atoms with Crippen LogP contribution in [0.4, 0.5) is 0 Å². The average Bonchev–Trinajstić information content (AvgIpc) is 3.46. The molecule has 1 saturated carbocycles. The first-order valence-corrected chi connectivity index (χ1v) is 9.87. The van der Waals surface area contributed by atoms with E-state index in [0.29, 0.717) is 24.9 Å². The smallest absolute Gasteiger partial charge is 0.254 e. The number of hydrogen-bond acceptors (Lipinski definition) is 4. The Bertz CT molecular complexity index is 835. The van der Waals surface area contributed by atoms with Gasteiger partial charge < -0.3 is 9.32 Å². The van der Waals surface area contributed by atoms with Crippen molar-refractivity contribution in [1.82, 2.24) is 9.80 Å². The number of benzene rings is 1. The van der Waals surface area contributed by atoms with Crippen LogP contribution in [0.3, 0.4) is 0 Å². The highest BCUT2D eigenvalue weighted by molar-refractivity contribution is 6.01. The largest absolute Gasteiger partial charge is 0.467 e. The molecule has 146 valence electrons. The second kappa shape index (κ2) is 8.00. The number of nitrogens with zero attached hydrogens (tertiary/aromatic N) is 2. The van der Waals surface area contributed by atoms with Crippen molar-refractivity contribution in [1.29, 1.82) is 0 Å². The minimum Gasteiger partial charge on any atom is -0.467 e. The van der Waals surface area contributed by atoms with Gasteiger partial charge in [0.15, 0.2) is 0 Å². The topological polar surface area (TPSA) is 70.8 Å². The zero-order chi connectivity index (χ0) is 19.5. The molecule has 1 aromatic carbocycles. The first kappa shape index (κ1) is 18.5. The highest BCUT2D eigenvalue weighted by atomic mass is 16.3. The molecule has 0 radical (unpaired) electrons. The molecule has 6 heteroatoms. The molecule has 2 fully saturated rings. The summed E-state index contributed by atoms with van der Waals surface area (Å²) in [5.74, 6) is 0.512. The molecule has 28 heavy (non-hydrogen) atoms. The van der Waals surface area contributed by atoms with Crippen LogP contribution in [-0.4, -0.2) is 33.6 Å². The first-order chi connectivity index (χ1) is 13.6. The summed E-state index contributed by atoms with van der Waals surface area (Å²) in [6.07, 6.45) is 6.53. The molecular weight excluding hydrogens is 356 g/mol. The number of rotatable bonds is 6. The third kappa shape index (κ3) is 3.86. The van der Waals surface area contributed by atoms with Crippen LogP contribution in [0.2, 0.25) is 0 Å². The highest BCUT2D eigenvalue weighted by Crippen LogP contribution is 2.27. The molecule has 0 atom stereocenters. The van der Waals surface area contributed by atoms with Crippen molar-refractivity contribution in [3.63, 3.8) is 0 Å². The fraction of sp³-hybridized carbons (Fsp3) is 0.409. The maximum absolute atomic E-state index is 13.2. The zero-order valence-corrected chi connectivity index (χ0v) is 15.8. The van der Waals surface area contributed by atoms with Gasteiger partial charge in [0.2, 0.25) is 11.8 Å². The van der Waals surface area contributed by atoms with E-state index in [0.717, 1.165) is 37.0 Å². The predicted octanol–water partition coefficient (Wildman–Crippen LogP) is 3.51. The number of carbonyl (C=O) groups is 3. The molecule has 3 amide bonds.